The molecule has 0 aliphatic heterocycles. The predicted molar refractivity (Wildman–Crippen MR) is 72.9 cm³/mol. The Balaban J connectivity index is 2.04. The van der Waals surface area contributed by atoms with Gasteiger partial charge in [0, 0.05) is 17.4 Å². The van der Waals surface area contributed by atoms with E-state index in [4.69, 9.17) is 9.15 Å². The summed E-state index contributed by atoms with van der Waals surface area (Å²) >= 11 is 1.11. The molecule has 2 rings (SSSR count). The summed E-state index contributed by atoms with van der Waals surface area (Å²) in [6.07, 6.45) is 0. The zero-order valence-electron chi connectivity index (χ0n) is 11.0. The molecule has 0 spiro atoms. The van der Waals surface area contributed by atoms with Crippen molar-refractivity contribution in [2.24, 2.45) is 0 Å². The van der Waals surface area contributed by atoms with E-state index in [1.165, 1.54) is 6.07 Å². The Morgan fingerprint density at radius 2 is 2.19 bits per heavy atom. The van der Waals surface area contributed by atoms with Gasteiger partial charge in [-0.3, -0.25) is 10.1 Å². The molecule has 0 radical (unpaired) electrons. The van der Waals surface area contributed by atoms with E-state index in [-0.39, 0.29) is 29.2 Å². The van der Waals surface area contributed by atoms with Gasteiger partial charge in [-0.15, -0.1) is 5.10 Å². The van der Waals surface area contributed by atoms with Crippen LogP contribution in [0.4, 0.5) is 5.69 Å². The molecule has 1 heterocycles. The fourth-order valence-electron chi connectivity index (χ4n) is 1.49. The molecule has 0 unspecified atom stereocenters. The minimum absolute atomic E-state index is 0.0233. The number of carbonyl (C=O) groups excluding carboxylic acids is 1. The Labute approximate surface area is 123 Å². The maximum absolute atomic E-state index is 11.4. The smallest absolute Gasteiger partial charge is 0.396 e. The SMILES string of the molecule is CCOC(=O)c1nnc(SCc2ccccc2[N+](=O)[O-])o1. The van der Waals surface area contributed by atoms with Crippen molar-refractivity contribution in [3.8, 4) is 0 Å². The van der Waals surface area contributed by atoms with Crippen molar-refractivity contribution in [1.82, 2.24) is 10.2 Å². The molecule has 0 aliphatic carbocycles. The Morgan fingerprint density at radius 1 is 1.43 bits per heavy atom. The molecule has 0 N–H and O–H groups in total. The highest BCUT2D eigenvalue weighted by Gasteiger charge is 2.18. The number of ether oxygens (including phenoxy) is 1. The first-order valence-corrected chi connectivity index (χ1v) is 6.96. The molecule has 0 saturated heterocycles. The van der Waals surface area contributed by atoms with Gasteiger partial charge < -0.3 is 9.15 Å². The van der Waals surface area contributed by atoms with E-state index in [1.54, 1.807) is 25.1 Å². The van der Waals surface area contributed by atoms with Gasteiger partial charge in [0.25, 0.3) is 10.9 Å². The minimum Gasteiger partial charge on any atom is -0.459 e. The van der Waals surface area contributed by atoms with Gasteiger partial charge >= 0.3 is 11.9 Å². The van der Waals surface area contributed by atoms with Crippen molar-refractivity contribution in [2.45, 2.75) is 17.9 Å². The van der Waals surface area contributed by atoms with Crippen molar-refractivity contribution >= 4 is 23.4 Å². The number of rotatable bonds is 6. The average molecular weight is 309 g/mol. The number of nitrogens with zero attached hydrogens (tertiary/aromatic N) is 3. The number of hydrogen-bond donors (Lipinski definition) is 0. The van der Waals surface area contributed by atoms with Crippen LogP contribution in [0.15, 0.2) is 33.9 Å². The summed E-state index contributed by atoms with van der Waals surface area (Å²) in [6, 6.07) is 6.38. The van der Waals surface area contributed by atoms with E-state index in [1.807, 2.05) is 0 Å². The summed E-state index contributed by atoms with van der Waals surface area (Å²) < 4.78 is 9.84. The fourth-order valence-corrected chi connectivity index (χ4v) is 2.25. The van der Waals surface area contributed by atoms with E-state index in [2.05, 4.69) is 10.2 Å². The summed E-state index contributed by atoms with van der Waals surface area (Å²) in [6.45, 7) is 1.87. The highest BCUT2D eigenvalue weighted by Crippen LogP contribution is 2.27. The van der Waals surface area contributed by atoms with E-state index >= 15 is 0 Å². The van der Waals surface area contributed by atoms with Gasteiger partial charge in [0.2, 0.25) is 0 Å². The molecule has 0 bridgehead atoms. The number of hydrogen-bond acceptors (Lipinski definition) is 8. The number of esters is 1. The maximum Gasteiger partial charge on any atom is 0.396 e. The molecular weight excluding hydrogens is 298 g/mol. The highest BCUT2D eigenvalue weighted by molar-refractivity contribution is 7.98. The lowest BCUT2D eigenvalue weighted by Crippen LogP contribution is -2.04. The second-order valence-corrected chi connectivity index (χ2v) is 4.69. The zero-order chi connectivity index (χ0) is 15.2. The van der Waals surface area contributed by atoms with Crippen molar-refractivity contribution < 1.29 is 18.9 Å². The lowest BCUT2D eigenvalue weighted by Gasteiger charge is -1.99. The molecule has 110 valence electrons. The van der Waals surface area contributed by atoms with Crippen molar-refractivity contribution in [2.75, 3.05) is 6.61 Å². The van der Waals surface area contributed by atoms with Crippen LogP contribution in [0.5, 0.6) is 0 Å². The number of aromatic nitrogens is 2. The topological polar surface area (TPSA) is 108 Å². The highest BCUT2D eigenvalue weighted by atomic mass is 32.2. The summed E-state index contributed by atoms with van der Waals surface area (Å²) in [5.74, 6) is -0.647. The van der Waals surface area contributed by atoms with Crippen LogP contribution in [-0.2, 0) is 10.5 Å². The number of nitro benzene ring substituents is 1. The zero-order valence-corrected chi connectivity index (χ0v) is 11.8. The van der Waals surface area contributed by atoms with Crippen LogP contribution in [0.2, 0.25) is 0 Å². The van der Waals surface area contributed by atoms with Crippen LogP contribution in [0.3, 0.4) is 0 Å². The van der Waals surface area contributed by atoms with E-state index in [0.717, 1.165) is 11.8 Å². The molecule has 0 fully saturated rings. The summed E-state index contributed by atoms with van der Waals surface area (Å²) in [7, 11) is 0. The third-order valence-electron chi connectivity index (χ3n) is 2.40. The Kier molecular flexibility index (Phi) is 4.88. The molecule has 8 nitrogen and oxygen atoms in total. The standard InChI is InChI=1S/C12H11N3O5S/c1-2-19-11(16)10-13-14-12(20-10)21-7-8-5-3-4-6-9(8)15(17)18/h3-6H,2,7H2,1H3. The summed E-state index contributed by atoms with van der Waals surface area (Å²) in [5, 5.41) is 18.3. The maximum atomic E-state index is 11.4. The first kappa shape index (κ1) is 15.0. The van der Waals surface area contributed by atoms with Crippen LogP contribution in [0, 0.1) is 10.1 Å². The van der Waals surface area contributed by atoms with E-state index < -0.39 is 10.9 Å². The second kappa shape index (κ2) is 6.84. The van der Waals surface area contributed by atoms with E-state index in [0.29, 0.717) is 5.56 Å². The Morgan fingerprint density at radius 3 is 2.90 bits per heavy atom. The molecule has 0 atom stereocenters. The van der Waals surface area contributed by atoms with Crippen molar-refractivity contribution in [3.63, 3.8) is 0 Å². The molecule has 0 amide bonds. The molecule has 1 aromatic carbocycles. The van der Waals surface area contributed by atoms with Crippen molar-refractivity contribution in [3.05, 3.63) is 45.8 Å². The van der Waals surface area contributed by atoms with Gasteiger partial charge in [0.05, 0.1) is 11.5 Å². The third kappa shape index (κ3) is 3.78. The van der Waals surface area contributed by atoms with Crippen LogP contribution >= 0.6 is 11.8 Å². The molecule has 21 heavy (non-hydrogen) atoms. The van der Waals surface area contributed by atoms with E-state index in [9.17, 15) is 14.9 Å². The van der Waals surface area contributed by atoms with Gasteiger partial charge in [-0.05, 0) is 6.92 Å². The average Bonchev–Trinajstić information content (AvgIpc) is 2.94. The minimum atomic E-state index is -0.692. The largest absolute Gasteiger partial charge is 0.459 e. The summed E-state index contributed by atoms with van der Waals surface area (Å²) in [4.78, 5) is 21.8. The second-order valence-electron chi connectivity index (χ2n) is 3.77. The Hall–Kier alpha value is -2.42. The molecule has 1 aromatic heterocycles. The van der Waals surface area contributed by atoms with Gasteiger partial charge in [0.1, 0.15) is 0 Å². The quantitative estimate of drug-likeness (QED) is 0.346. The normalized spacial score (nSPS) is 10.3. The number of thioether (sulfide) groups is 1. The monoisotopic (exact) mass is 309 g/mol. The van der Waals surface area contributed by atoms with Crippen LogP contribution in [0.25, 0.3) is 0 Å². The van der Waals surface area contributed by atoms with Gasteiger partial charge in [-0.2, -0.15) is 0 Å². The molecule has 0 aliphatic rings. The van der Waals surface area contributed by atoms with Crippen LogP contribution in [0.1, 0.15) is 23.2 Å². The number of nitro groups is 1. The van der Waals surface area contributed by atoms with Gasteiger partial charge in [-0.1, -0.05) is 35.1 Å². The molecular formula is C12H11N3O5S. The predicted octanol–water partition coefficient (Wildman–Crippen LogP) is 2.45. The van der Waals surface area contributed by atoms with Gasteiger partial charge in [-0.25, -0.2) is 4.79 Å². The van der Waals surface area contributed by atoms with Crippen LogP contribution < -0.4 is 0 Å². The summed E-state index contributed by atoms with van der Waals surface area (Å²) in [5.41, 5.74) is 0.554. The lowest BCUT2D eigenvalue weighted by atomic mass is 10.2. The third-order valence-corrected chi connectivity index (χ3v) is 3.26. The molecule has 2 aromatic rings. The fraction of sp³-hybridized carbons (Fsp3) is 0.250. The number of benzene rings is 1. The molecule has 9 heteroatoms. The van der Waals surface area contributed by atoms with Crippen molar-refractivity contribution in [1.29, 1.82) is 0 Å². The first-order chi connectivity index (χ1) is 10.1. The Bertz CT molecular complexity index is 658. The van der Waals surface area contributed by atoms with Gasteiger partial charge in [0.15, 0.2) is 0 Å². The van der Waals surface area contributed by atoms with Crippen LogP contribution in [-0.4, -0.2) is 27.7 Å². The lowest BCUT2D eigenvalue weighted by molar-refractivity contribution is -0.385. The number of para-hydroxylation sites is 1. The number of carbonyl (C=O) groups is 1. The molecule has 0 saturated carbocycles. The first-order valence-electron chi connectivity index (χ1n) is 5.97.